The van der Waals surface area contributed by atoms with Crippen LogP contribution in [0.5, 0.6) is 0 Å². The number of carbonyl (C=O) groups is 1. The molecule has 0 spiro atoms. The zero-order valence-corrected chi connectivity index (χ0v) is 13.2. The van der Waals surface area contributed by atoms with Crippen molar-refractivity contribution >= 4 is 5.78 Å². The quantitative estimate of drug-likeness (QED) is 0.771. The Morgan fingerprint density at radius 2 is 1.39 bits per heavy atom. The molecule has 0 aliphatic rings. The molecular weight excluding hydrogens is 228 g/mol. The van der Waals surface area contributed by atoms with Crippen LogP contribution >= 0.6 is 0 Å². The van der Waals surface area contributed by atoms with Crippen molar-refractivity contribution in [2.45, 2.75) is 79.4 Å². The van der Waals surface area contributed by atoms with Crippen molar-refractivity contribution in [3.8, 4) is 0 Å². The Balaban J connectivity index is 0. The summed E-state index contributed by atoms with van der Waals surface area (Å²) in [5.41, 5.74) is -0.828. The van der Waals surface area contributed by atoms with Crippen molar-refractivity contribution in [3.05, 3.63) is 0 Å². The number of Topliss-reactive ketones (excluding diaryl/α,β-unsaturated/α-hetero) is 1. The van der Waals surface area contributed by atoms with Crippen LogP contribution in [0.4, 0.5) is 0 Å². The van der Waals surface area contributed by atoms with E-state index in [4.69, 9.17) is 5.11 Å². The fraction of sp³-hybridized carbons (Fsp3) is 0.933. The molecule has 3 heteroatoms. The average molecular weight is 260 g/mol. The summed E-state index contributed by atoms with van der Waals surface area (Å²) in [5.74, 6) is 1.26. The van der Waals surface area contributed by atoms with Crippen LogP contribution in [0.15, 0.2) is 0 Å². The van der Waals surface area contributed by atoms with Gasteiger partial charge in [-0.05, 0) is 45.4 Å². The van der Waals surface area contributed by atoms with E-state index in [1.807, 2.05) is 0 Å². The number of hydrogen-bond donors (Lipinski definition) is 2. The van der Waals surface area contributed by atoms with Gasteiger partial charge in [-0.2, -0.15) is 0 Å². The molecule has 3 nitrogen and oxygen atoms in total. The minimum atomic E-state index is -0.828. The molecule has 0 aliphatic carbocycles. The lowest BCUT2D eigenvalue weighted by atomic mass is 9.98. The number of rotatable bonds is 6. The van der Waals surface area contributed by atoms with Crippen molar-refractivity contribution in [2.24, 2.45) is 11.8 Å². The van der Waals surface area contributed by atoms with Crippen LogP contribution in [0.3, 0.4) is 0 Å². The minimum Gasteiger partial charge on any atom is -0.393 e. The highest BCUT2D eigenvalue weighted by Crippen LogP contribution is 2.12. The Hall–Kier alpha value is -0.410. The number of hydrogen-bond acceptors (Lipinski definition) is 3. The molecule has 0 aliphatic heterocycles. The summed E-state index contributed by atoms with van der Waals surface area (Å²) in [6.45, 7) is 13.3. The summed E-state index contributed by atoms with van der Waals surface area (Å²) in [6.07, 6.45) is 2.04. The van der Waals surface area contributed by atoms with E-state index in [9.17, 15) is 9.90 Å². The molecule has 0 rings (SSSR count). The molecule has 110 valence electrons. The second-order valence-corrected chi connectivity index (χ2v) is 6.60. The third-order valence-electron chi connectivity index (χ3n) is 2.17. The Morgan fingerprint density at radius 1 is 1.06 bits per heavy atom. The summed E-state index contributed by atoms with van der Waals surface area (Å²) in [7, 11) is 0. The Labute approximate surface area is 113 Å². The normalized spacial score (nSPS) is 11.8. The maximum atomic E-state index is 10.3. The van der Waals surface area contributed by atoms with Crippen molar-refractivity contribution < 1.29 is 15.0 Å². The van der Waals surface area contributed by atoms with E-state index in [0.29, 0.717) is 11.8 Å². The van der Waals surface area contributed by atoms with Gasteiger partial charge >= 0.3 is 0 Å². The van der Waals surface area contributed by atoms with Crippen LogP contribution < -0.4 is 0 Å². The van der Waals surface area contributed by atoms with Gasteiger partial charge in [0.15, 0.2) is 0 Å². The first kappa shape index (κ1) is 19.9. The van der Waals surface area contributed by atoms with Crippen LogP contribution in [0.25, 0.3) is 0 Å². The first-order valence-corrected chi connectivity index (χ1v) is 6.84. The molecule has 0 bridgehead atoms. The Kier molecular flexibility index (Phi) is 10.5. The zero-order chi connectivity index (χ0) is 14.9. The maximum Gasteiger partial charge on any atom is 0.132 e. The zero-order valence-electron chi connectivity index (χ0n) is 13.2. The second kappa shape index (κ2) is 9.51. The topological polar surface area (TPSA) is 57.5 Å². The molecule has 0 radical (unpaired) electrons. The smallest absolute Gasteiger partial charge is 0.132 e. The van der Waals surface area contributed by atoms with Gasteiger partial charge in [-0.1, -0.05) is 27.7 Å². The Bertz CT molecular complexity index is 204. The molecule has 2 N–H and O–H groups in total. The summed E-state index contributed by atoms with van der Waals surface area (Å²) < 4.78 is 0. The van der Waals surface area contributed by atoms with Gasteiger partial charge in [0.25, 0.3) is 0 Å². The first-order valence-electron chi connectivity index (χ1n) is 6.84. The molecule has 0 unspecified atom stereocenters. The van der Waals surface area contributed by atoms with Crippen LogP contribution in [0, 0.1) is 11.8 Å². The molecular formula is C15H32O3. The fourth-order valence-electron chi connectivity index (χ4n) is 1.79. The molecule has 0 aromatic rings. The van der Waals surface area contributed by atoms with Gasteiger partial charge in [-0.3, -0.25) is 4.79 Å². The van der Waals surface area contributed by atoms with Gasteiger partial charge in [0.2, 0.25) is 0 Å². The first-order chi connectivity index (χ1) is 7.94. The standard InChI is InChI=1S/C9H20O.C6H12O2/c1-7(2)5-9(10)6-8(3)4;1-5(7)4-6(2,3)8/h7-10H,5-6H2,1-4H3;8H,4H2,1-3H3. The third-order valence-corrected chi connectivity index (χ3v) is 2.17. The summed E-state index contributed by atoms with van der Waals surface area (Å²) in [4.78, 5) is 10.3. The lowest BCUT2D eigenvalue weighted by molar-refractivity contribution is -0.120. The molecule has 0 amide bonds. The van der Waals surface area contributed by atoms with Gasteiger partial charge in [-0.15, -0.1) is 0 Å². The van der Waals surface area contributed by atoms with Gasteiger partial charge in [0, 0.05) is 6.42 Å². The van der Waals surface area contributed by atoms with Crippen LogP contribution in [-0.2, 0) is 4.79 Å². The SMILES string of the molecule is CC(=O)CC(C)(C)O.CC(C)CC(O)CC(C)C. The van der Waals surface area contributed by atoms with Crippen molar-refractivity contribution in [2.75, 3.05) is 0 Å². The molecule has 0 saturated carbocycles. The van der Waals surface area contributed by atoms with E-state index < -0.39 is 5.60 Å². The second-order valence-electron chi connectivity index (χ2n) is 6.60. The highest BCUT2D eigenvalue weighted by molar-refractivity contribution is 5.76. The molecule has 18 heavy (non-hydrogen) atoms. The highest BCUT2D eigenvalue weighted by atomic mass is 16.3. The third kappa shape index (κ3) is 20.9. The number of aliphatic hydroxyl groups is 2. The molecule has 0 atom stereocenters. The van der Waals surface area contributed by atoms with Gasteiger partial charge in [0.05, 0.1) is 11.7 Å². The number of carbonyl (C=O) groups excluding carboxylic acids is 1. The van der Waals surface area contributed by atoms with E-state index in [0.717, 1.165) is 12.8 Å². The lowest BCUT2D eigenvalue weighted by Crippen LogP contribution is -2.21. The van der Waals surface area contributed by atoms with E-state index in [2.05, 4.69) is 27.7 Å². The summed E-state index contributed by atoms with van der Waals surface area (Å²) in [6, 6.07) is 0. The van der Waals surface area contributed by atoms with E-state index in [-0.39, 0.29) is 18.3 Å². The monoisotopic (exact) mass is 260 g/mol. The Morgan fingerprint density at radius 3 is 1.50 bits per heavy atom. The largest absolute Gasteiger partial charge is 0.393 e. The molecule has 0 fully saturated rings. The summed E-state index contributed by atoms with van der Waals surface area (Å²) >= 11 is 0. The van der Waals surface area contributed by atoms with Crippen molar-refractivity contribution in [3.63, 3.8) is 0 Å². The predicted molar refractivity (Wildman–Crippen MR) is 76.5 cm³/mol. The van der Waals surface area contributed by atoms with E-state index in [1.165, 1.54) is 6.92 Å². The van der Waals surface area contributed by atoms with Crippen LogP contribution in [-0.4, -0.2) is 27.7 Å². The van der Waals surface area contributed by atoms with Gasteiger partial charge in [0.1, 0.15) is 5.78 Å². The van der Waals surface area contributed by atoms with Crippen molar-refractivity contribution in [1.82, 2.24) is 0 Å². The van der Waals surface area contributed by atoms with Crippen LogP contribution in [0.1, 0.15) is 67.7 Å². The van der Waals surface area contributed by atoms with Crippen LogP contribution in [0.2, 0.25) is 0 Å². The van der Waals surface area contributed by atoms with Gasteiger partial charge < -0.3 is 10.2 Å². The van der Waals surface area contributed by atoms with E-state index in [1.54, 1.807) is 13.8 Å². The summed E-state index contributed by atoms with van der Waals surface area (Å²) in [5, 5.41) is 18.4. The highest BCUT2D eigenvalue weighted by Gasteiger charge is 2.14. The molecule has 0 saturated heterocycles. The lowest BCUT2D eigenvalue weighted by Gasteiger charge is -2.14. The molecule has 0 aromatic heterocycles. The number of aliphatic hydroxyl groups excluding tert-OH is 1. The van der Waals surface area contributed by atoms with Gasteiger partial charge in [-0.25, -0.2) is 0 Å². The number of ketones is 1. The predicted octanol–water partition coefficient (Wildman–Crippen LogP) is 3.18. The molecule has 0 heterocycles. The minimum absolute atomic E-state index is 0.0255. The van der Waals surface area contributed by atoms with E-state index >= 15 is 0 Å². The average Bonchev–Trinajstić information content (AvgIpc) is 1.94. The molecule has 0 aromatic carbocycles. The maximum absolute atomic E-state index is 10.3. The van der Waals surface area contributed by atoms with Crippen molar-refractivity contribution in [1.29, 1.82) is 0 Å². The fourth-order valence-corrected chi connectivity index (χ4v) is 1.79.